The number of likely N-dealkylation sites (N-methyl/N-ethyl adjacent to an activating group) is 1. The molecular formula is C23H29N3O3S. The van der Waals surface area contributed by atoms with Crippen molar-refractivity contribution in [3.8, 4) is 11.5 Å². The van der Waals surface area contributed by atoms with E-state index in [9.17, 15) is 4.79 Å². The summed E-state index contributed by atoms with van der Waals surface area (Å²) < 4.78 is 11.8. The first kappa shape index (κ1) is 22.1. The first-order valence-electron chi connectivity index (χ1n) is 10.3. The molecule has 2 aromatic carbocycles. The Morgan fingerprint density at radius 1 is 1.00 bits per heavy atom. The fraction of sp³-hybridized carbons (Fsp3) is 0.391. The van der Waals surface area contributed by atoms with E-state index in [1.807, 2.05) is 49.4 Å². The summed E-state index contributed by atoms with van der Waals surface area (Å²) in [6.07, 6.45) is 0. The molecule has 3 aromatic rings. The van der Waals surface area contributed by atoms with Gasteiger partial charge in [0.25, 0.3) is 5.91 Å². The first-order chi connectivity index (χ1) is 14.6. The summed E-state index contributed by atoms with van der Waals surface area (Å²) in [5.41, 5.74) is 1.46. The largest absolute Gasteiger partial charge is 0.497 e. The molecule has 160 valence electrons. The molecule has 0 unspecified atom stereocenters. The molecule has 1 heterocycles. The minimum atomic E-state index is -0.0591. The predicted octanol–water partition coefficient (Wildman–Crippen LogP) is 4.69. The van der Waals surface area contributed by atoms with Gasteiger partial charge in [0.15, 0.2) is 5.13 Å². The number of anilines is 1. The summed E-state index contributed by atoms with van der Waals surface area (Å²) in [4.78, 5) is 22.2. The van der Waals surface area contributed by atoms with E-state index in [0.717, 1.165) is 41.3 Å². The second kappa shape index (κ2) is 10.4. The third-order valence-electron chi connectivity index (χ3n) is 5.01. The van der Waals surface area contributed by atoms with Crippen molar-refractivity contribution in [3.05, 3.63) is 48.0 Å². The summed E-state index contributed by atoms with van der Waals surface area (Å²) in [7, 11) is 1.64. The number of hydrogen-bond donors (Lipinski definition) is 0. The highest BCUT2D eigenvalue weighted by molar-refractivity contribution is 7.22. The number of fused-ring (bicyclic) bond motifs is 1. The highest BCUT2D eigenvalue weighted by Gasteiger charge is 2.22. The monoisotopic (exact) mass is 427 g/mol. The van der Waals surface area contributed by atoms with Crippen LogP contribution in [-0.2, 0) is 0 Å². The Hall–Kier alpha value is -2.64. The molecule has 0 aliphatic rings. The molecule has 0 aliphatic heterocycles. The van der Waals surface area contributed by atoms with Crippen molar-refractivity contribution >= 4 is 32.6 Å². The van der Waals surface area contributed by atoms with E-state index in [4.69, 9.17) is 14.5 Å². The van der Waals surface area contributed by atoms with Gasteiger partial charge in [-0.05, 0) is 56.4 Å². The Bertz CT molecular complexity index is 967. The minimum absolute atomic E-state index is 0.0591. The number of aromatic nitrogens is 1. The summed E-state index contributed by atoms with van der Waals surface area (Å²) in [6.45, 7) is 10.0. The standard InChI is InChI=1S/C23H29N3O3S/c1-5-25(6-2)14-15-26(22(27)17-8-10-18(11-9-17)29-7-3)23-24-20-16-19(28-4)12-13-21(20)30-23/h8-13,16H,5-7,14-15H2,1-4H3. The van der Waals surface area contributed by atoms with Gasteiger partial charge in [-0.15, -0.1) is 0 Å². The fourth-order valence-corrected chi connectivity index (χ4v) is 4.19. The third-order valence-corrected chi connectivity index (χ3v) is 6.07. The van der Waals surface area contributed by atoms with E-state index in [1.165, 1.54) is 11.3 Å². The zero-order valence-corrected chi connectivity index (χ0v) is 18.9. The van der Waals surface area contributed by atoms with Crippen LogP contribution in [0.5, 0.6) is 11.5 Å². The highest BCUT2D eigenvalue weighted by Crippen LogP contribution is 2.32. The molecule has 0 saturated heterocycles. The number of amides is 1. The number of benzene rings is 2. The lowest BCUT2D eigenvalue weighted by Crippen LogP contribution is -2.38. The zero-order chi connectivity index (χ0) is 21.5. The summed E-state index contributed by atoms with van der Waals surface area (Å²) >= 11 is 1.52. The Morgan fingerprint density at radius 2 is 1.70 bits per heavy atom. The van der Waals surface area contributed by atoms with E-state index in [-0.39, 0.29) is 5.91 Å². The first-order valence-corrected chi connectivity index (χ1v) is 11.1. The molecule has 6 nitrogen and oxygen atoms in total. The molecule has 1 aromatic heterocycles. The maximum absolute atomic E-state index is 13.4. The Balaban J connectivity index is 1.92. The van der Waals surface area contributed by atoms with Crippen LogP contribution in [0.15, 0.2) is 42.5 Å². The topological polar surface area (TPSA) is 54.9 Å². The highest BCUT2D eigenvalue weighted by atomic mass is 32.1. The Kier molecular flexibility index (Phi) is 7.65. The van der Waals surface area contributed by atoms with Crippen LogP contribution >= 0.6 is 11.3 Å². The number of rotatable bonds is 10. The van der Waals surface area contributed by atoms with Crippen LogP contribution in [0, 0.1) is 0 Å². The lowest BCUT2D eigenvalue weighted by Gasteiger charge is -2.24. The second-order valence-electron chi connectivity index (χ2n) is 6.77. The lowest BCUT2D eigenvalue weighted by atomic mass is 10.2. The maximum atomic E-state index is 13.4. The van der Waals surface area contributed by atoms with Gasteiger partial charge in [-0.3, -0.25) is 9.69 Å². The molecule has 7 heteroatoms. The van der Waals surface area contributed by atoms with E-state index in [1.54, 1.807) is 12.0 Å². The molecule has 0 N–H and O–H groups in total. The van der Waals surface area contributed by atoms with Gasteiger partial charge in [-0.1, -0.05) is 25.2 Å². The number of ether oxygens (including phenoxy) is 2. The van der Waals surface area contributed by atoms with Gasteiger partial charge < -0.3 is 14.4 Å². The SMILES string of the molecule is CCOc1ccc(C(=O)N(CCN(CC)CC)c2nc3cc(OC)ccc3s2)cc1. The van der Waals surface area contributed by atoms with Crippen molar-refractivity contribution in [3.63, 3.8) is 0 Å². The second-order valence-corrected chi connectivity index (χ2v) is 7.78. The van der Waals surface area contributed by atoms with Gasteiger partial charge >= 0.3 is 0 Å². The predicted molar refractivity (Wildman–Crippen MR) is 123 cm³/mol. The van der Waals surface area contributed by atoms with Crippen molar-refractivity contribution in [1.82, 2.24) is 9.88 Å². The van der Waals surface area contributed by atoms with Gasteiger partial charge in [-0.2, -0.15) is 0 Å². The molecule has 0 aliphatic carbocycles. The van der Waals surface area contributed by atoms with Gasteiger partial charge in [0, 0.05) is 24.7 Å². The van der Waals surface area contributed by atoms with Crippen LogP contribution in [0.25, 0.3) is 10.2 Å². The number of methoxy groups -OCH3 is 1. The van der Waals surface area contributed by atoms with Gasteiger partial charge in [-0.25, -0.2) is 4.98 Å². The van der Waals surface area contributed by atoms with Crippen LogP contribution in [0.2, 0.25) is 0 Å². The van der Waals surface area contributed by atoms with Crippen LogP contribution < -0.4 is 14.4 Å². The smallest absolute Gasteiger partial charge is 0.260 e. The molecular weight excluding hydrogens is 398 g/mol. The van der Waals surface area contributed by atoms with E-state index in [0.29, 0.717) is 23.8 Å². The number of carbonyl (C=O) groups excluding carboxylic acids is 1. The number of nitrogens with zero attached hydrogens (tertiary/aromatic N) is 3. The normalized spacial score (nSPS) is 11.1. The molecule has 0 atom stereocenters. The quantitative estimate of drug-likeness (QED) is 0.470. The van der Waals surface area contributed by atoms with E-state index < -0.39 is 0 Å². The number of thiazole rings is 1. The average Bonchev–Trinajstić information content (AvgIpc) is 3.20. The molecule has 0 spiro atoms. The fourth-order valence-electron chi connectivity index (χ4n) is 3.22. The summed E-state index contributed by atoms with van der Waals surface area (Å²) in [6, 6.07) is 13.1. The van der Waals surface area contributed by atoms with Gasteiger partial charge in [0.1, 0.15) is 11.5 Å². The van der Waals surface area contributed by atoms with E-state index in [2.05, 4.69) is 18.7 Å². The van der Waals surface area contributed by atoms with Crippen LogP contribution in [0.3, 0.4) is 0 Å². The molecule has 0 fully saturated rings. The van der Waals surface area contributed by atoms with Crippen molar-refractivity contribution in [2.24, 2.45) is 0 Å². The average molecular weight is 428 g/mol. The lowest BCUT2D eigenvalue weighted by molar-refractivity contribution is 0.0983. The molecule has 0 bridgehead atoms. The maximum Gasteiger partial charge on any atom is 0.260 e. The summed E-state index contributed by atoms with van der Waals surface area (Å²) in [5, 5.41) is 0.698. The van der Waals surface area contributed by atoms with Crippen molar-refractivity contribution in [1.29, 1.82) is 0 Å². The van der Waals surface area contributed by atoms with E-state index >= 15 is 0 Å². The minimum Gasteiger partial charge on any atom is -0.497 e. The Morgan fingerprint density at radius 3 is 2.33 bits per heavy atom. The van der Waals surface area contributed by atoms with Gasteiger partial charge in [0.2, 0.25) is 0 Å². The van der Waals surface area contributed by atoms with Crippen molar-refractivity contribution in [2.45, 2.75) is 20.8 Å². The van der Waals surface area contributed by atoms with Crippen molar-refractivity contribution < 1.29 is 14.3 Å². The number of hydrogen-bond acceptors (Lipinski definition) is 6. The molecule has 0 saturated carbocycles. The zero-order valence-electron chi connectivity index (χ0n) is 18.1. The third kappa shape index (κ3) is 5.09. The Labute approximate surface area is 182 Å². The number of carbonyl (C=O) groups is 1. The van der Waals surface area contributed by atoms with Crippen molar-refractivity contribution in [2.75, 3.05) is 44.8 Å². The molecule has 3 rings (SSSR count). The summed E-state index contributed by atoms with van der Waals surface area (Å²) in [5.74, 6) is 1.46. The van der Waals surface area contributed by atoms with Crippen LogP contribution in [0.4, 0.5) is 5.13 Å². The molecule has 30 heavy (non-hydrogen) atoms. The molecule has 0 radical (unpaired) electrons. The van der Waals surface area contributed by atoms with Crippen LogP contribution in [0.1, 0.15) is 31.1 Å². The molecule has 1 amide bonds. The van der Waals surface area contributed by atoms with Crippen LogP contribution in [-0.4, -0.2) is 55.7 Å². The van der Waals surface area contributed by atoms with Gasteiger partial charge in [0.05, 0.1) is 23.9 Å².